The van der Waals surface area contributed by atoms with Crippen LogP contribution < -0.4 is 15.1 Å². The zero-order valence-corrected chi connectivity index (χ0v) is 16.8. The molecule has 2 heterocycles. The summed E-state index contributed by atoms with van der Waals surface area (Å²) in [4.78, 5) is 26.4. The summed E-state index contributed by atoms with van der Waals surface area (Å²) >= 11 is 0. The second-order valence-corrected chi connectivity index (χ2v) is 8.80. The molecule has 3 atom stereocenters. The summed E-state index contributed by atoms with van der Waals surface area (Å²) in [6, 6.07) is 1.24. The maximum Gasteiger partial charge on any atom is 0.341 e. The smallest absolute Gasteiger partial charge is 0.341 e. The van der Waals surface area contributed by atoms with E-state index in [-0.39, 0.29) is 35.3 Å². The summed E-state index contributed by atoms with van der Waals surface area (Å²) in [5, 5.41) is 19.2. The summed E-state index contributed by atoms with van der Waals surface area (Å²) in [6.45, 7) is 1.46. The number of aromatic nitrogens is 1. The van der Waals surface area contributed by atoms with Crippen molar-refractivity contribution in [2.24, 2.45) is 17.8 Å². The van der Waals surface area contributed by atoms with E-state index in [1.165, 1.54) is 19.4 Å². The molecule has 8 heteroatoms. The summed E-state index contributed by atoms with van der Waals surface area (Å²) in [6.07, 6.45) is 5.13. The van der Waals surface area contributed by atoms with Crippen molar-refractivity contribution in [3.8, 4) is 5.75 Å². The maximum absolute atomic E-state index is 15.4. The molecule has 2 aliphatic carbocycles. The molecule has 3 aliphatic rings. The molecule has 2 saturated carbocycles. The lowest BCUT2D eigenvalue weighted by molar-refractivity contribution is 0.0694. The molecule has 2 aromatic rings. The van der Waals surface area contributed by atoms with Gasteiger partial charge in [0.2, 0.25) is 5.43 Å². The molecule has 30 heavy (non-hydrogen) atoms. The number of benzene rings is 1. The highest BCUT2D eigenvalue weighted by Gasteiger charge is 2.44. The van der Waals surface area contributed by atoms with Crippen LogP contribution in [0.2, 0.25) is 0 Å². The van der Waals surface area contributed by atoms with Crippen LogP contribution in [-0.2, 0) is 0 Å². The standard InChI is InChI=1S/C22H25FN2O5/c1-30-21-18-14(20(27)16(22(28)29)9-25(18)13-4-5-13)6-17(23)19(21)24-7-11-2-3-12(10-26)15(11)8-24/h6,9,11-13,15,26H,2-5,7-8,10H2,1H3,(H,28,29). The second kappa shape index (κ2) is 6.97. The number of anilines is 1. The van der Waals surface area contributed by atoms with Crippen molar-refractivity contribution in [3.05, 3.63) is 33.9 Å². The Morgan fingerprint density at radius 3 is 2.67 bits per heavy atom. The predicted molar refractivity (Wildman–Crippen MR) is 109 cm³/mol. The van der Waals surface area contributed by atoms with Gasteiger partial charge < -0.3 is 24.4 Å². The summed E-state index contributed by atoms with van der Waals surface area (Å²) in [5.41, 5.74) is -0.267. The highest BCUT2D eigenvalue weighted by Crippen LogP contribution is 2.48. The molecule has 5 rings (SSSR count). The molecule has 1 aromatic carbocycles. The molecule has 0 spiro atoms. The van der Waals surface area contributed by atoms with Gasteiger partial charge in [0, 0.05) is 31.9 Å². The monoisotopic (exact) mass is 416 g/mol. The van der Waals surface area contributed by atoms with Gasteiger partial charge in [-0.3, -0.25) is 4.79 Å². The number of carboxylic acid groups (broad SMARTS) is 1. The fourth-order valence-electron chi connectivity index (χ4n) is 5.51. The van der Waals surface area contributed by atoms with Gasteiger partial charge in [0.15, 0.2) is 11.6 Å². The minimum absolute atomic E-state index is 0.0347. The Balaban J connectivity index is 1.70. The molecule has 1 aliphatic heterocycles. The van der Waals surface area contributed by atoms with Gasteiger partial charge in [0.05, 0.1) is 18.0 Å². The maximum atomic E-state index is 15.4. The van der Waals surface area contributed by atoms with E-state index >= 15 is 4.39 Å². The van der Waals surface area contributed by atoms with Crippen LogP contribution in [0.3, 0.4) is 0 Å². The van der Waals surface area contributed by atoms with Crippen LogP contribution in [0.1, 0.15) is 42.1 Å². The first-order chi connectivity index (χ1) is 14.4. The number of hydrogen-bond donors (Lipinski definition) is 2. The Kier molecular flexibility index (Phi) is 4.50. The van der Waals surface area contributed by atoms with E-state index in [4.69, 9.17) is 4.74 Å². The minimum atomic E-state index is -1.32. The SMILES string of the molecule is COc1c(N2CC3CCC(CO)C3C2)c(F)cc2c(=O)c(C(=O)O)cn(C3CC3)c12. The number of halogens is 1. The number of rotatable bonds is 5. The van der Waals surface area contributed by atoms with Gasteiger partial charge in [0.25, 0.3) is 0 Å². The van der Waals surface area contributed by atoms with Crippen LogP contribution in [0.25, 0.3) is 10.9 Å². The van der Waals surface area contributed by atoms with Gasteiger partial charge in [0.1, 0.15) is 11.3 Å². The lowest BCUT2D eigenvalue weighted by Crippen LogP contribution is -2.26. The fourth-order valence-corrected chi connectivity index (χ4v) is 5.51. The highest BCUT2D eigenvalue weighted by molar-refractivity contribution is 5.97. The number of aliphatic hydroxyl groups is 1. The number of ether oxygens (including phenoxy) is 1. The van der Waals surface area contributed by atoms with Crippen molar-refractivity contribution < 1.29 is 24.1 Å². The minimum Gasteiger partial charge on any atom is -0.492 e. The van der Waals surface area contributed by atoms with Crippen molar-refractivity contribution in [2.75, 3.05) is 31.7 Å². The molecule has 0 amide bonds. The molecule has 0 bridgehead atoms. The van der Waals surface area contributed by atoms with Crippen molar-refractivity contribution in [2.45, 2.75) is 31.7 Å². The predicted octanol–water partition coefficient (Wildman–Crippen LogP) is 2.64. The van der Waals surface area contributed by atoms with Crippen molar-refractivity contribution in [1.29, 1.82) is 0 Å². The number of aliphatic hydroxyl groups excluding tert-OH is 1. The molecule has 1 saturated heterocycles. The van der Waals surface area contributed by atoms with Gasteiger partial charge in [-0.25, -0.2) is 9.18 Å². The van der Waals surface area contributed by atoms with Gasteiger partial charge in [-0.2, -0.15) is 0 Å². The average Bonchev–Trinajstić information content (AvgIpc) is 3.36. The lowest BCUT2D eigenvalue weighted by atomic mass is 9.93. The number of fused-ring (bicyclic) bond motifs is 2. The molecule has 1 aromatic heterocycles. The molecule has 3 fully saturated rings. The zero-order chi connectivity index (χ0) is 21.2. The van der Waals surface area contributed by atoms with E-state index in [0.29, 0.717) is 36.1 Å². The first-order valence-corrected chi connectivity index (χ1v) is 10.5. The van der Waals surface area contributed by atoms with Crippen LogP contribution in [0.5, 0.6) is 5.75 Å². The van der Waals surface area contributed by atoms with Crippen LogP contribution in [0.4, 0.5) is 10.1 Å². The van der Waals surface area contributed by atoms with Crippen LogP contribution in [-0.4, -0.2) is 47.6 Å². The second-order valence-electron chi connectivity index (χ2n) is 8.80. The Bertz CT molecular complexity index is 1090. The Morgan fingerprint density at radius 2 is 2.03 bits per heavy atom. The number of carbonyl (C=O) groups is 1. The van der Waals surface area contributed by atoms with E-state index < -0.39 is 17.2 Å². The van der Waals surface area contributed by atoms with Crippen molar-refractivity contribution in [1.82, 2.24) is 4.57 Å². The topological polar surface area (TPSA) is 92.0 Å². The largest absolute Gasteiger partial charge is 0.492 e. The Hall–Kier alpha value is -2.61. The molecule has 160 valence electrons. The molecular weight excluding hydrogens is 391 g/mol. The van der Waals surface area contributed by atoms with Crippen LogP contribution in [0.15, 0.2) is 17.1 Å². The lowest BCUT2D eigenvalue weighted by Gasteiger charge is -2.26. The van der Waals surface area contributed by atoms with Gasteiger partial charge in [-0.05, 0) is 49.5 Å². The molecule has 3 unspecified atom stereocenters. The van der Waals surface area contributed by atoms with Crippen molar-refractivity contribution >= 4 is 22.6 Å². The average molecular weight is 416 g/mol. The number of carboxylic acids is 1. The van der Waals surface area contributed by atoms with Gasteiger partial charge >= 0.3 is 5.97 Å². The molecule has 2 N–H and O–H groups in total. The number of methoxy groups -OCH3 is 1. The van der Waals surface area contributed by atoms with Crippen molar-refractivity contribution in [3.63, 3.8) is 0 Å². The zero-order valence-electron chi connectivity index (χ0n) is 16.8. The summed E-state index contributed by atoms with van der Waals surface area (Å²) < 4.78 is 22.8. The third kappa shape index (κ3) is 2.80. The normalized spacial score (nSPS) is 25.7. The van der Waals surface area contributed by atoms with E-state index in [1.54, 1.807) is 4.57 Å². The van der Waals surface area contributed by atoms with E-state index in [9.17, 15) is 19.8 Å². The van der Waals surface area contributed by atoms with Gasteiger partial charge in [-0.1, -0.05) is 0 Å². The third-order valence-corrected chi connectivity index (χ3v) is 7.13. The first-order valence-electron chi connectivity index (χ1n) is 10.5. The first kappa shape index (κ1) is 19.4. The van der Waals surface area contributed by atoms with E-state index in [2.05, 4.69) is 0 Å². The van der Waals surface area contributed by atoms with Crippen LogP contribution in [0, 0.1) is 23.6 Å². The Labute approximate surface area is 172 Å². The number of aromatic carboxylic acids is 1. The Morgan fingerprint density at radius 1 is 1.27 bits per heavy atom. The van der Waals surface area contributed by atoms with E-state index in [1.807, 2.05) is 4.90 Å². The molecule has 0 radical (unpaired) electrons. The highest BCUT2D eigenvalue weighted by atomic mass is 19.1. The molecular formula is C22H25FN2O5. The number of hydrogen-bond acceptors (Lipinski definition) is 5. The molecule has 7 nitrogen and oxygen atoms in total. The van der Waals surface area contributed by atoms with Gasteiger partial charge in [-0.15, -0.1) is 0 Å². The van der Waals surface area contributed by atoms with E-state index in [0.717, 1.165) is 25.7 Å². The summed E-state index contributed by atoms with van der Waals surface area (Å²) in [7, 11) is 1.46. The third-order valence-electron chi connectivity index (χ3n) is 7.13. The summed E-state index contributed by atoms with van der Waals surface area (Å²) in [5.74, 6) is -0.662. The number of pyridine rings is 1. The number of nitrogens with zero attached hydrogens (tertiary/aromatic N) is 2. The fraction of sp³-hybridized carbons (Fsp3) is 0.545. The quantitative estimate of drug-likeness (QED) is 0.779. The van der Waals surface area contributed by atoms with Crippen LogP contribution >= 0.6 is 0 Å².